The van der Waals surface area contributed by atoms with E-state index in [1.807, 2.05) is 0 Å². The predicted molar refractivity (Wildman–Crippen MR) is 99.0 cm³/mol. The fourth-order valence-corrected chi connectivity index (χ4v) is 3.67. The maximum Gasteiger partial charge on any atom is 0.154 e. The Morgan fingerprint density at radius 2 is 1.04 bits per heavy atom. The molecule has 26 heavy (non-hydrogen) atoms. The van der Waals surface area contributed by atoms with Crippen LogP contribution in [-0.2, 0) is 18.9 Å². The van der Waals surface area contributed by atoms with Gasteiger partial charge in [0.1, 0.15) is 12.2 Å². The predicted octanol–water partition coefficient (Wildman–Crippen LogP) is 4.35. The molecule has 2 heterocycles. The van der Waals surface area contributed by atoms with Gasteiger partial charge in [0.25, 0.3) is 0 Å². The molecule has 2 aliphatic heterocycles. The zero-order valence-corrected chi connectivity index (χ0v) is 17.6. The molecule has 0 bridgehead atoms. The topological polar surface area (TPSA) is 36.9 Å². The fourth-order valence-electron chi connectivity index (χ4n) is 3.67. The Labute approximate surface area is 157 Å². The molecule has 0 unspecified atom stereocenters. The number of halogens is 2. The van der Waals surface area contributed by atoms with Crippen molar-refractivity contribution in [2.45, 2.75) is 103 Å². The number of hydrogen-bond acceptors (Lipinski definition) is 4. The van der Waals surface area contributed by atoms with E-state index in [1.165, 1.54) is 0 Å². The van der Waals surface area contributed by atoms with Crippen molar-refractivity contribution in [3.05, 3.63) is 0 Å². The average molecular weight is 381 g/mol. The van der Waals surface area contributed by atoms with E-state index in [1.54, 1.807) is 28.1 Å². The highest BCUT2D eigenvalue weighted by atomic mass is 19.1. The van der Waals surface area contributed by atoms with Crippen LogP contribution >= 0.6 is 0 Å². The summed E-state index contributed by atoms with van der Waals surface area (Å²) in [6, 6.07) is 0. The van der Waals surface area contributed by atoms with Gasteiger partial charge in [-0.2, -0.15) is 0 Å². The van der Waals surface area contributed by atoms with E-state index in [2.05, 4.69) is 27.7 Å². The van der Waals surface area contributed by atoms with Gasteiger partial charge in [-0.3, -0.25) is 0 Å². The summed E-state index contributed by atoms with van der Waals surface area (Å²) in [5.41, 5.74) is 0. The van der Waals surface area contributed by atoms with Crippen molar-refractivity contribution in [1.82, 2.24) is 0 Å². The van der Waals surface area contributed by atoms with E-state index in [4.69, 9.17) is 18.9 Å². The first-order chi connectivity index (χ1) is 12.1. The molecule has 4 nitrogen and oxygen atoms in total. The lowest BCUT2D eigenvalue weighted by molar-refractivity contribution is -0.0133. The average Bonchev–Trinajstić information content (AvgIpc) is 2.95. The molecule has 0 amide bonds. The summed E-state index contributed by atoms with van der Waals surface area (Å²) in [6.45, 7) is 11.9. The van der Waals surface area contributed by atoms with Crippen LogP contribution in [0.3, 0.4) is 0 Å². The summed E-state index contributed by atoms with van der Waals surface area (Å²) in [4.78, 5) is 0. The van der Waals surface area contributed by atoms with Crippen LogP contribution in [0.1, 0.15) is 54.4 Å². The second-order valence-electron chi connectivity index (χ2n) is 8.31. The van der Waals surface area contributed by atoms with Gasteiger partial charge in [0, 0.05) is 14.2 Å². The number of methoxy groups -OCH3 is 2. The van der Waals surface area contributed by atoms with Gasteiger partial charge in [-0.05, 0) is 38.5 Å². The number of ether oxygens (including phenoxy) is 4. The number of hydrogen-bond donors (Lipinski definition) is 0. The third kappa shape index (κ3) is 6.39. The van der Waals surface area contributed by atoms with Crippen molar-refractivity contribution >= 4 is 0 Å². The highest BCUT2D eigenvalue weighted by Gasteiger charge is 2.43. The SMILES string of the molecule is CO[C@H]1[C@@H](F)[C@H](C)O[C@@H]1CC(C)C.CO[C@H]1[C@H](F)[C@H](C)O[C@@H]1CC(C)C. The molecule has 0 aromatic heterocycles. The molecule has 0 radical (unpaired) electrons. The number of rotatable bonds is 6. The van der Waals surface area contributed by atoms with Gasteiger partial charge in [0.05, 0.1) is 24.4 Å². The molecule has 6 heteroatoms. The van der Waals surface area contributed by atoms with E-state index >= 15 is 0 Å². The first kappa shape index (κ1) is 23.7. The molecule has 2 rings (SSSR count). The van der Waals surface area contributed by atoms with Crippen LogP contribution in [0.4, 0.5) is 8.78 Å². The molecular weight excluding hydrogens is 342 g/mol. The van der Waals surface area contributed by atoms with Gasteiger partial charge < -0.3 is 18.9 Å². The highest BCUT2D eigenvalue weighted by Crippen LogP contribution is 2.30. The van der Waals surface area contributed by atoms with Crippen LogP contribution in [0.2, 0.25) is 0 Å². The third-order valence-corrected chi connectivity index (χ3v) is 4.99. The zero-order valence-electron chi connectivity index (χ0n) is 17.6. The lowest BCUT2D eigenvalue weighted by Gasteiger charge is -2.19. The van der Waals surface area contributed by atoms with Gasteiger partial charge in [0.2, 0.25) is 0 Å². The second kappa shape index (κ2) is 10.9. The highest BCUT2D eigenvalue weighted by molar-refractivity contribution is 4.91. The molecular formula is C20H38F2O4. The molecule has 156 valence electrons. The lowest BCUT2D eigenvalue weighted by atomic mass is 10.0. The molecule has 0 aromatic carbocycles. The molecule has 8 atom stereocenters. The molecule has 0 spiro atoms. The fraction of sp³-hybridized carbons (Fsp3) is 1.00. The molecule has 0 N–H and O–H groups in total. The minimum Gasteiger partial charge on any atom is -0.376 e. The first-order valence-corrected chi connectivity index (χ1v) is 9.76. The van der Waals surface area contributed by atoms with Crippen LogP contribution in [0.25, 0.3) is 0 Å². The summed E-state index contributed by atoms with van der Waals surface area (Å²) in [5.74, 6) is 1.03. The monoisotopic (exact) mass is 380 g/mol. The van der Waals surface area contributed by atoms with Crippen molar-refractivity contribution in [3.63, 3.8) is 0 Å². The third-order valence-electron chi connectivity index (χ3n) is 4.99. The summed E-state index contributed by atoms with van der Waals surface area (Å²) in [7, 11) is 3.10. The number of alkyl halides is 2. The van der Waals surface area contributed by atoms with Gasteiger partial charge in [-0.25, -0.2) is 8.78 Å². The Morgan fingerprint density at radius 1 is 0.731 bits per heavy atom. The maximum atomic E-state index is 13.4. The van der Waals surface area contributed by atoms with Crippen LogP contribution in [-0.4, -0.2) is 63.2 Å². The Kier molecular flexibility index (Phi) is 9.94. The van der Waals surface area contributed by atoms with Crippen LogP contribution in [0.5, 0.6) is 0 Å². The van der Waals surface area contributed by atoms with Gasteiger partial charge in [0.15, 0.2) is 12.3 Å². The minimum atomic E-state index is -0.978. The quantitative estimate of drug-likeness (QED) is 0.687. The Hall–Kier alpha value is -0.300. The van der Waals surface area contributed by atoms with Crippen molar-refractivity contribution in [3.8, 4) is 0 Å². The Morgan fingerprint density at radius 3 is 1.27 bits per heavy atom. The van der Waals surface area contributed by atoms with E-state index < -0.39 is 12.3 Å². The lowest BCUT2D eigenvalue weighted by Crippen LogP contribution is -2.31. The normalized spacial score (nSPS) is 40.2. The van der Waals surface area contributed by atoms with Crippen LogP contribution < -0.4 is 0 Å². The molecule has 2 aliphatic rings. The van der Waals surface area contributed by atoms with Crippen molar-refractivity contribution in [2.24, 2.45) is 11.8 Å². The van der Waals surface area contributed by atoms with Gasteiger partial charge in [-0.15, -0.1) is 0 Å². The summed E-state index contributed by atoms with van der Waals surface area (Å²) < 4.78 is 48.1. The van der Waals surface area contributed by atoms with Crippen molar-refractivity contribution < 1.29 is 27.7 Å². The van der Waals surface area contributed by atoms with Crippen LogP contribution in [0.15, 0.2) is 0 Å². The molecule has 2 fully saturated rings. The van der Waals surface area contributed by atoms with E-state index in [9.17, 15) is 8.78 Å². The molecule has 0 aromatic rings. The van der Waals surface area contributed by atoms with Crippen molar-refractivity contribution in [2.75, 3.05) is 14.2 Å². The summed E-state index contributed by atoms with van der Waals surface area (Å²) in [6.07, 6.45) is -1.78. The summed E-state index contributed by atoms with van der Waals surface area (Å²) >= 11 is 0. The van der Waals surface area contributed by atoms with E-state index in [0.717, 1.165) is 12.8 Å². The van der Waals surface area contributed by atoms with Crippen LogP contribution in [0, 0.1) is 11.8 Å². The molecule has 0 aliphatic carbocycles. The second-order valence-corrected chi connectivity index (χ2v) is 8.31. The standard InChI is InChI=1S/2C10H19FO2/c2*1-6(2)5-8-10(12-4)9(11)7(3)13-8/h2*6-10H,5H2,1-4H3/t7-,8+,9+,10+;7-,8+,9-,10+/m00/s1. The maximum absolute atomic E-state index is 13.4. The Balaban J connectivity index is 0.000000260. The van der Waals surface area contributed by atoms with Gasteiger partial charge in [-0.1, -0.05) is 27.7 Å². The largest absolute Gasteiger partial charge is 0.376 e. The molecule has 0 saturated carbocycles. The Bertz CT molecular complexity index is 354. The van der Waals surface area contributed by atoms with Crippen molar-refractivity contribution in [1.29, 1.82) is 0 Å². The first-order valence-electron chi connectivity index (χ1n) is 9.76. The van der Waals surface area contributed by atoms with E-state index in [-0.39, 0.29) is 36.6 Å². The summed E-state index contributed by atoms with van der Waals surface area (Å²) in [5, 5.41) is 0. The van der Waals surface area contributed by atoms with E-state index in [0.29, 0.717) is 11.8 Å². The van der Waals surface area contributed by atoms with Gasteiger partial charge >= 0.3 is 0 Å². The zero-order chi connectivity index (χ0) is 20.0. The smallest absolute Gasteiger partial charge is 0.154 e. The minimum absolute atomic E-state index is 0.0741. The molecule has 2 saturated heterocycles.